The molecule has 3 aliphatic rings. The minimum atomic E-state index is -4.31. The summed E-state index contributed by atoms with van der Waals surface area (Å²) in [6, 6.07) is 0. The van der Waals surface area contributed by atoms with Crippen molar-refractivity contribution >= 4 is 7.60 Å². The fourth-order valence-electron chi connectivity index (χ4n) is 2.97. The summed E-state index contributed by atoms with van der Waals surface area (Å²) in [5, 5.41) is 28.2. The maximum atomic E-state index is 11.5. The van der Waals surface area contributed by atoms with E-state index in [2.05, 4.69) is 0 Å². The van der Waals surface area contributed by atoms with Crippen molar-refractivity contribution in [2.75, 3.05) is 6.61 Å². The molecule has 2 bridgehead atoms. The van der Waals surface area contributed by atoms with Gasteiger partial charge >= 0.3 is 7.60 Å². The van der Waals surface area contributed by atoms with Gasteiger partial charge in [-0.2, -0.15) is 0 Å². The quantitative estimate of drug-likeness (QED) is 0.388. The zero-order valence-corrected chi connectivity index (χ0v) is 10.9. The highest BCUT2D eigenvalue weighted by molar-refractivity contribution is 7.54. The highest BCUT2D eigenvalue weighted by atomic mass is 31.2. The summed E-state index contributed by atoms with van der Waals surface area (Å²) >= 11 is 0. The number of ether oxygens (including phenoxy) is 2. The molecule has 2 heterocycles. The molecule has 0 aromatic rings. The summed E-state index contributed by atoms with van der Waals surface area (Å²) < 4.78 is 22.1. The van der Waals surface area contributed by atoms with Crippen LogP contribution in [0, 0.1) is 0 Å². The SMILES string of the molecule is O=P(O)(O)C1(C[C@@]23CO[C@@H](O2)[C@@H](O)[C@@H](O)[C@@H]3O)CC1. The van der Waals surface area contributed by atoms with Crippen LogP contribution >= 0.6 is 7.60 Å². The van der Waals surface area contributed by atoms with E-state index < -0.39 is 43.0 Å². The van der Waals surface area contributed by atoms with Gasteiger partial charge in [-0.05, 0) is 19.3 Å². The predicted octanol–water partition coefficient (Wildman–Crippen LogP) is -1.71. The topological polar surface area (TPSA) is 137 Å². The highest BCUT2D eigenvalue weighted by Crippen LogP contribution is 2.69. The molecule has 2 aliphatic heterocycles. The number of aliphatic hydroxyl groups is 3. The zero-order valence-electron chi connectivity index (χ0n) is 10.0. The standard InChI is InChI=1S/C10H17O8P/c11-5-6(12)8-17-4-10(18-8,7(5)13)3-9(1-2-9)19(14,15)16/h5-8,11-13H,1-4H2,(H2,14,15,16)/t5-,6+,7+,8+,10+/m1/s1. The zero-order chi connectivity index (χ0) is 14.1. The van der Waals surface area contributed by atoms with Gasteiger partial charge in [-0.1, -0.05) is 0 Å². The van der Waals surface area contributed by atoms with E-state index in [4.69, 9.17) is 9.47 Å². The van der Waals surface area contributed by atoms with Crippen LogP contribution in [0.25, 0.3) is 0 Å². The van der Waals surface area contributed by atoms with Gasteiger partial charge in [0.2, 0.25) is 0 Å². The molecule has 0 radical (unpaired) electrons. The predicted molar refractivity (Wildman–Crippen MR) is 60.2 cm³/mol. The van der Waals surface area contributed by atoms with E-state index in [9.17, 15) is 29.7 Å². The number of hydrogen-bond donors (Lipinski definition) is 5. The molecule has 3 rings (SSSR count). The van der Waals surface area contributed by atoms with Crippen molar-refractivity contribution in [2.24, 2.45) is 0 Å². The molecule has 1 aliphatic carbocycles. The number of rotatable bonds is 3. The Morgan fingerprint density at radius 3 is 2.32 bits per heavy atom. The van der Waals surface area contributed by atoms with Crippen molar-refractivity contribution in [1.82, 2.24) is 0 Å². The lowest BCUT2D eigenvalue weighted by atomic mass is 9.84. The normalized spacial score (nSPS) is 48.3. The Morgan fingerprint density at radius 1 is 1.16 bits per heavy atom. The maximum Gasteiger partial charge on any atom is 0.331 e. The van der Waals surface area contributed by atoms with Crippen LogP contribution in [0.15, 0.2) is 0 Å². The first-order valence-corrected chi connectivity index (χ1v) is 7.71. The molecular formula is C10H17O8P. The van der Waals surface area contributed by atoms with Crippen LogP contribution in [0.3, 0.4) is 0 Å². The summed E-state index contributed by atoms with van der Waals surface area (Å²) in [4.78, 5) is 18.8. The molecule has 2 saturated heterocycles. The van der Waals surface area contributed by atoms with Gasteiger partial charge in [0.15, 0.2) is 6.29 Å². The molecule has 5 N–H and O–H groups in total. The average Bonchev–Trinajstić information content (AvgIpc) is 2.99. The molecule has 19 heavy (non-hydrogen) atoms. The highest BCUT2D eigenvalue weighted by Gasteiger charge is 2.67. The van der Waals surface area contributed by atoms with Gasteiger partial charge in [-0.25, -0.2) is 0 Å². The molecule has 0 spiro atoms. The van der Waals surface area contributed by atoms with Crippen molar-refractivity contribution in [2.45, 2.75) is 54.6 Å². The number of hydrogen-bond acceptors (Lipinski definition) is 6. The van der Waals surface area contributed by atoms with Crippen LogP contribution in [0.2, 0.25) is 0 Å². The summed E-state index contributed by atoms with van der Waals surface area (Å²) in [5.74, 6) is 0. The molecule has 0 aromatic heterocycles. The average molecular weight is 296 g/mol. The molecule has 9 heteroatoms. The van der Waals surface area contributed by atoms with Gasteiger partial charge in [-0.15, -0.1) is 0 Å². The van der Waals surface area contributed by atoms with Crippen molar-refractivity contribution < 1.29 is 39.1 Å². The number of fused-ring (bicyclic) bond motifs is 2. The minimum absolute atomic E-state index is 0.0915. The lowest BCUT2D eigenvalue weighted by Crippen LogP contribution is -2.61. The largest absolute Gasteiger partial charge is 0.387 e. The Morgan fingerprint density at radius 2 is 1.79 bits per heavy atom. The molecule has 1 saturated carbocycles. The van der Waals surface area contributed by atoms with Gasteiger partial charge in [0.25, 0.3) is 0 Å². The van der Waals surface area contributed by atoms with E-state index >= 15 is 0 Å². The molecular weight excluding hydrogens is 279 g/mol. The van der Waals surface area contributed by atoms with E-state index in [0.29, 0.717) is 12.8 Å². The number of aliphatic hydroxyl groups excluding tert-OH is 3. The van der Waals surface area contributed by atoms with Crippen LogP contribution in [-0.2, 0) is 14.0 Å². The van der Waals surface area contributed by atoms with E-state index in [1.54, 1.807) is 0 Å². The van der Waals surface area contributed by atoms with Crippen molar-refractivity contribution in [1.29, 1.82) is 0 Å². The molecule has 110 valence electrons. The van der Waals surface area contributed by atoms with Crippen LogP contribution in [0.1, 0.15) is 19.3 Å². The molecule has 0 aromatic carbocycles. The second kappa shape index (κ2) is 3.99. The van der Waals surface area contributed by atoms with Crippen LogP contribution in [-0.4, -0.2) is 67.1 Å². The Labute approximate surface area is 109 Å². The lowest BCUT2D eigenvalue weighted by molar-refractivity contribution is -0.261. The van der Waals surface area contributed by atoms with E-state index in [-0.39, 0.29) is 13.0 Å². The first kappa shape index (κ1) is 13.9. The third kappa shape index (κ3) is 1.91. The minimum Gasteiger partial charge on any atom is -0.387 e. The van der Waals surface area contributed by atoms with Crippen molar-refractivity contribution in [3.63, 3.8) is 0 Å². The van der Waals surface area contributed by atoms with Crippen LogP contribution < -0.4 is 0 Å². The first-order chi connectivity index (χ1) is 8.71. The smallest absolute Gasteiger partial charge is 0.331 e. The molecule has 0 amide bonds. The second-order valence-electron chi connectivity index (χ2n) is 5.73. The van der Waals surface area contributed by atoms with Crippen LogP contribution in [0.5, 0.6) is 0 Å². The first-order valence-electron chi connectivity index (χ1n) is 6.10. The molecule has 3 fully saturated rings. The Bertz CT molecular complexity index is 431. The Kier molecular flexibility index (Phi) is 2.92. The second-order valence-corrected chi connectivity index (χ2v) is 7.77. The molecule has 8 nitrogen and oxygen atoms in total. The van der Waals surface area contributed by atoms with Crippen molar-refractivity contribution in [3.8, 4) is 0 Å². The third-order valence-corrected chi connectivity index (χ3v) is 6.25. The third-order valence-electron chi connectivity index (χ3n) is 4.41. The Hall–Kier alpha value is -0.0500. The van der Waals surface area contributed by atoms with Crippen LogP contribution in [0.4, 0.5) is 0 Å². The van der Waals surface area contributed by atoms with Gasteiger partial charge in [-0.3, -0.25) is 4.57 Å². The maximum absolute atomic E-state index is 11.5. The molecule has 0 unspecified atom stereocenters. The molecule has 5 atom stereocenters. The summed E-state index contributed by atoms with van der Waals surface area (Å²) in [5.41, 5.74) is -1.36. The van der Waals surface area contributed by atoms with E-state index in [0.717, 1.165) is 0 Å². The van der Waals surface area contributed by atoms with Gasteiger partial charge in [0.1, 0.15) is 23.9 Å². The summed E-state index contributed by atoms with van der Waals surface area (Å²) in [6.07, 6.45) is -4.72. The summed E-state index contributed by atoms with van der Waals surface area (Å²) in [6.45, 7) is -0.102. The van der Waals surface area contributed by atoms with E-state index in [1.165, 1.54) is 0 Å². The van der Waals surface area contributed by atoms with E-state index in [1.807, 2.05) is 0 Å². The van der Waals surface area contributed by atoms with Gasteiger partial charge in [0.05, 0.1) is 11.8 Å². The lowest BCUT2D eigenvalue weighted by Gasteiger charge is -2.42. The van der Waals surface area contributed by atoms with Gasteiger partial charge in [0, 0.05) is 0 Å². The van der Waals surface area contributed by atoms with Crippen molar-refractivity contribution in [3.05, 3.63) is 0 Å². The fourth-order valence-corrected chi connectivity index (χ4v) is 4.14. The Balaban J connectivity index is 1.87. The fraction of sp³-hybridized carbons (Fsp3) is 1.00. The monoisotopic (exact) mass is 296 g/mol. The van der Waals surface area contributed by atoms with Gasteiger partial charge < -0.3 is 34.6 Å². The summed E-state index contributed by atoms with van der Waals surface area (Å²) in [7, 11) is -4.31.